The minimum absolute atomic E-state index is 0.206. The molecule has 4 aromatic carbocycles. The highest BCUT2D eigenvalue weighted by Crippen LogP contribution is 2.37. The highest BCUT2D eigenvalue weighted by molar-refractivity contribution is 5.86. The molecule has 0 N–H and O–H groups in total. The van der Waals surface area contributed by atoms with Gasteiger partial charge in [-0.05, 0) is 79.6 Å². The maximum absolute atomic E-state index is 14.8. The van der Waals surface area contributed by atoms with Crippen LogP contribution in [0, 0.1) is 45.1 Å². The molecule has 33 heavy (non-hydrogen) atoms. The largest absolute Gasteiger partial charge is 0.429 e. The summed E-state index contributed by atoms with van der Waals surface area (Å²) in [6.07, 6.45) is -3.79. The third kappa shape index (κ3) is 4.17. The monoisotopic (exact) mass is 456 g/mol. The van der Waals surface area contributed by atoms with Gasteiger partial charge in [-0.15, -0.1) is 0 Å². The van der Waals surface area contributed by atoms with E-state index in [9.17, 15) is 22.0 Å². The Hall–Kier alpha value is -3.41. The van der Waals surface area contributed by atoms with Crippen molar-refractivity contribution in [3.63, 3.8) is 0 Å². The van der Waals surface area contributed by atoms with Gasteiger partial charge < -0.3 is 4.74 Å². The van der Waals surface area contributed by atoms with Crippen LogP contribution in [0.3, 0.4) is 0 Å². The van der Waals surface area contributed by atoms with Crippen molar-refractivity contribution in [1.82, 2.24) is 0 Å². The van der Waals surface area contributed by atoms with E-state index in [1.54, 1.807) is 12.1 Å². The van der Waals surface area contributed by atoms with Crippen LogP contribution in [0.5, 0.6) is 5.75 Å². The molecule has 170 valence electrons. The van der Waals surface area contributed by atoms with Gasteiger partial charge in [0, 0.05) is 11.6 Å². The fourth-order valence-electron chi connectivity index (χ4n) is 4.22. The summed E-state index contributed by atoms with van der Waals surface area (Å²) >= 11 is 0. The number of halogens is 5. The third-order valence-electron chi connectivity index (χ3n) is 5.72. The topological polar surface area (TPSA) is 9.23 Å². The van der Waals surface area contributed by atoms with E-state index in [2.05, 4.69) is 0 Å². The fourth-order valence-corrected chi connectivity index (χ4v) is 4.22. The minimum Gasteiger partial charge on any atom is -0.429 e. The molecule has 0 radical (unpaired) electrons. The molecule has 0 amide bonds. The zero-order valence-corrected chi connectivity index (χ0v) is 18.5. The first kappa shape index (κ1) is 22.8. The maximum Gasteiger partial charge on any atom is 0.426 e. The lowest BCUT2D eigenvalue weighted by Crippen LogP contribution is -2.22. The van der Waals surface area contributed by atoms with Crippen LogP contribution in [-0.4, -0.2) is 0 Å². The average molecular weight is 456 g/mol. The molecule has 1 nitrogen and oxygen atoms in total. The first-order valence-electron chi connectivity index (χ1n) is 10.3. The van der Waals surface area contributed by atoms with Crippen molar-refractivity contribution in [2.24, 2.45) is 0 Å². The SMILES string of the molecule is Cc1cc(C)c(-c2ccc(C(F)(F)Oc3cc(F)c4c(F)c(C)c(F)cc4c3)cc2)c(C)c1. The van der Waals surface area contributed by atoms with E-state index in [0.717, 1.165) is 39.9 Å². The van der Waals surface area contributed by atoms with Gasteiger partial charge in [-0.3, -0.25) is 0 Å². The Morgan fingerprint density at radius 1 is 0.727 bits per heavy atom. The second-order valence-electron chi connectivity index (χ2n) is 8.27. The number of hydrogen-bond acceptors (Lipinski definition) is 1. The quantitative estimate of drug-likeness (QED) is 0.281. The molecule has 0 aliphatic rings. The Morgan fingerprint density at radius 2 is 1.33 bits per heavy atom. The Morgan fingerprint density at radius 3 is 1.94 bits per heavy atom. The molecule has 4 rings (SSSR count). The molecule has 0 heterocycles. The van der Waals surface area contributed by atoms with Crippen molar-refractivity contribution in [2.45, 2.75) is 33.8 Å². The maximum atomic E-state index is 14.8. The summed E-state index contributed by atoms with van der Waals surface area (Å²) in [6, 6.07) is 12.2. The predicted molar refractivity (Wildman–Crippen MR) is 119 cm³/mol. The van der Waals surface area contributed by atoms with Crippen molar-refractivity contribution in [2.75, 3.05) is 0 Å². The van der Waals surface area contributed by atoms with Crippen LogP contribution in [0.4, 0.5) is 22.0 Å². The summed E-state index contributed by atoms with van der Waals surface area (Å²) in [4.78, 5) is 0. The van der Waals surface area contributed by atoms with Crippen molar-refractivity contribution in [3.05, 3.63) is 99.9 Å². The molecule has 0 aliphatic carbocycles. The van der Waals surface area contributed by atoms with Gasteiger partial charge >= 0.3 is 6.11 Å². The van der Waals surface area contributed by atoms with Crippen LogP contribution in [0.1, 0.15) is 27.8 Å². The van der Waals surface area contributed by atoms with Crippen LogP contribution < -0.4 is 4.74 Å². The van der Waals surface area contributed by atoms with Crippen LogP contribution >= 0.6 is 0 Å². The summed E-state index contributed by atoms with van der Waals surface area (Å²) in [7, 11) is 0. The standard InChI is InChI=1S/C27H21F5O/c1-14-9-15(2)24(16(3)10-14)18-5-7-20(8-6-18)27(31,32)33-21-11-19-12-22(28)17(4)26(30)25(19)23(29)13-21/h5-13H,1-4H3. The highest BCUT2D eigenvalue weighted by Gasteiger charge is 2.35. The lowest BCUT2D eigenvalue weighted by molar-refractivity contribution is -0.185. The van der Waals surface area contributed by atoms with Crippen LogP contribution in [0.25, 0.3) is 21.9 Å². The summed E-state index contributed by atoms with van der Waals surface area (Å²) in [6.45, 7) is 7.08. The van der Waals surface area contributed by atoms with Gasteiger partial charge in [0.15, 0.2) is 0 Å². The van der Waals surface area contributed by atoms with E-state index < -0.39 is 40.3 Å². The molecule has 0 saturated heterocycles. The van der Waals surface area contributed by atoms with E-state index >= 15 is 0 Å². The lowest BCUT2D eigenvalue weighted by atomic mass is 9.93. The Balaban J connectivity index is 1.67. The summed E-state index contributed by atoms with van der Waals surface area (Å²) in [5.74, 6) is -3.62. The Bertz CT molecular complexity index is 1350. The van der Waals surface area contributed by atoms with Crippen LogP contribution in [-0.2, 0) is 6.11 Å². The number of hydrogen-bond donors (Lipinski definition) is 0. The predicted octanol–water partition coefficient (Wildman–Crippen LogP) is 8.29. The third-order valence-corrected chi connectivity index (χ3v) is 5.72. The molecule has 0 atom stereocenters. The van der Waals surface area contributed by atoms with E-state index in [1.807, 2.05) is 32.9 Å². The minimum atomic E-state index is -3.79. The van der Waals surface area contributed by atoms with Gasteiger partial charge in [-0.2, -0.15) is 8.78 Å². The van der Waals surface area contributed by atoms with Gasteiger partial charge in [0.1, 0.15) is 23.2 Å². The van der Waals surface area contributed by atoms with Gasteiger partial charge in [0.2, 0.25) is 0 Å². The van der Waals surface area contributed by atoms with Crippen molar-refractivity contribution >= 4 is 10.8 Å². The van der Waals surface area contributed by atoms with Crippen LogP contribution in [0.2, 0.25) is 0 Å². The van der Waals surface area contributed by atoms with E-state index in [-0.39, 0.29) is 10.9 Å². The number of aryl methyl sites for hydroxylation is 3. The van der Waals surface area contributed by atoms with E-state index in [4.69, 9.17) is 4.74 Å². The molecular weight excluding hydrogens is 435 g/mol. The van der Waals surface area contributed by atoms with E-state index in [0.29, 0.717) is 6.07 Å². The Labute approximate surface area is 188 Å². The molecule has 4 aromatic rings. The smallest absolute Gasteiger partial charge is 0.426 e. The lowest BCUT2D eigenvalue weighted by Gasteiger charge is -2.20. The van der Waals surface area contributed by atoms with Crippen molar-refractivity contribution in [1.29, 1.82) is 0 Å². The zero-order valence-electron chi connectivity index (χ0n) is 18.5. The van der Waals surface area contributed by atoms with Gasteiger partial charge in [-0.25, -0.2) is 13.2 Å². The Kier molecular flexibility index (Phi) is 5.64. The average Bonchev–Trinajstić information content (AvgIpc) is 2.71. The van der Waals surface area contributed by atoms with E-state index in [1.165, 1.54) is 19.1 Å². The summed E-state index contributed by atoms with van der Waals surface area (Å²) in [5, 5.41) is -0.681. The number of fused-ring (bicyclic) bond motifs is 1. The van der Waals surface area contributed by atoms with Crippen LogP contribution in [0.15, 0.2) is 54.6 Å². The first-order chi connectivity index (χ1) is 15.5. The molecule has 6 heteroatoms. The van der Waals surface area contributed by atoms with Crippen molar-refractivity contribution < 1.29 is 26.7 Å². The zero-order chi connectivity index (χ0) is 24.1. The fraction of sp³-hybridized carbons (Fsp3) is 0.185. The van der Waals surface area contributed by atoms with Gasteiger partial charge in [0.25, 0.3) is 0 Å². The molecule has 0 aliphatic heterocycles. The molecule has 0 aromatic heterocycles. The summed E-state index contributed by atoms with van der Waals surface area (Å²) < 4.78 is 77.1. The molecule has 0 bridgehead atoms. The summed E-state index contributed by atoms with van der Waals surface area (Å²) in [5.41, 5.74) is 4.14. The number of rotatable bonds is 4. The molecule has 0 spiro atoms. The van der Waals surface area contributed by atoms with Gasteiger partial charge in [0.05, 0.1) is 10.9 Å². The second kappa shape index (κ2) is 8.18. The second-order valence-corrected chi connectivity index (χ2v) is 8.27. The first-order valence-corrected chi connectivity index (χ1v) is 10.3. The molecule has 0 unspecified atom stereocenters. The van der Waals surface area contributed by atoms with Gasteiger partial charge in [-0.1, -0.05) is 29.8 Å². The van der Waals surface area contributed by atoms with Crippen molar-refractivity contribution in [3.8, 4) is 16.9 Å². The highest BCUT2D eigenvalue weighted by atomic mass is 19.3. The molecule has 0 saturated carbocycles. The number of benzene rings is 4. The molecule has 0 fully saturated rings. The number of ether oxygens (including phenoxy) is 1. The number of alkyl halides is 2. The normalized spacial score (nSPS) is 11.8. The molecular formula is C27H21F5O.